The van der Waals surface area contributed by atoms with Gasteiger partial charge in [0, 0.05) is 37.8 Å². The molecule has 8 heteroatoms. The molecule has 0 spiro atoms. The van der Waals surface area contributed by atoms with Crippen molar-refractivity contribution in [2.75, 3.05) is 0 Å². The number of hydrogen-bond donors (Lipinski definition) is 0. The summed E-state index contributed by atoms with van der Waals surface area (Å²) in [5, 5.41) is 2.18. The number of carbonyl (C=O) groups is 2. The van der Waals surface area contributed by atoms with Gasteiger partial charge in [0.05, 0.1) is 10.8 Å². The Labute approximate surface area is 410 Å². The van der Waals surface area contributed by atoms with E-state index < -0.39 is 0 Å². The molecule has 0 unspecified atom stereocenters. The van der Waals surface area contributed by atoms with Crippen molar-refractivity contribution in [3.63, 3.8) is 0 Å². The van der Waals surface area contributed by atoms with Gasteiger partial charge in [-0.3, -0.25) is 9.59 Å². The second-order valence-electron chi connectivity index (χ2n) is 18.1. The smallest absolute Gasteiger partial charge is 0.311 e. The van der Waals surface area contributed by atoms with Crippen molar-refractivity contribution in [1.82, 2.24) is 0 Å². The van der Waals surface area contributed by atoms with Crippen molar-refractivity contribution in [2.45, 2.75) is 232 Å². The first-order chi connectivity index (χ1) is 30.6. The van der Waals surface area contributed by atoms with E-state index in [1.807, 2.05) is 24.3 Å². The maximum Gasteiger partial charge on any atom is 0.311 e. The zero-order chi connectivity index (χ0) is 43.7. The second-order valence-corrected chi connectivity index (χ2v) is 18.1. The molecule has 0 atom stereocenters. The number of nitrogens with zero attached hydrogens (tertiary/aromatic N) is 2. The molecule has 4 rings (SSSR count). The summed E-state index contributed by atoms with van der Waals surface area (Å²) in [6, 6.07) is 20.4. The summed E-state index contributed by atoms with van der Waals surface area (Å²) in [6.07, 6.45) is 43.0. The van der Waals surface area contributed by atoms with E-state index in [9.17, 15) is 9.59 Å². The molecule has 358 valence electrons. The van der Waals surface area contributed by atoms with Crippen molar-refractivity contribution in [3.8, 4) is 11.5 Å². The third-order valence-electron chi connectivity index (χ3n) is 12.7. The largest absolute Gasteiger partial charge is 1.00 e. The van der Waals surface area contributed by atoms with Gasteiger partial charge in [-0.2, -0.15) is 9.13 Å². The van der Waals surface area contributed by atoms with Crippen LogP contribution in [0.5, 0.6) is 11.5 Å². The molecule has 0 saturated heterocycles. The van der Waals surface area contributed by atoms with Gasteiger partial charge in [-0.15, -0.1) is 0 Å². The molecule has 0 aliphatic heterocycles. The highest BCUT2D eigenvalue weighted by Gasteiger charge is 2.19. The predicted molar refractivity (Wildman–Crippen MR) is 259 cm³/mol. The lowest BCUT2D eigenvalue weighted by atomic mass is 10.0. The zero-order valence-electron chi connectivity index (χ0n) is 40.3. The number of para-hydroxylation sites is 2. The minimum Gasteiger partial charge on any atom is -1.00 e. The van der Waals surface area contributed by atoms with Gasteiger partial charge in [-0.1, -0.05) is 180 Å². The first-order valence-electron chi connectivity index (χ1n) is 25.8. The average Bonchev–Trinajstić information content (AvgIpc) is 3.28. The molecule has 4 aromatic rings. The lowest BCUT2D eigenvalue weighted by Gasteiger charge is -2.09. The Hall–Kier alpha value is -2.84. The Morgan fingerprint density at radius 1 is 0.375 bits per heavy atom. The van der Waals surface area contributed by atoms with Gasteiger partial charge in [-0.25, -0.2) is 0 Å². The highest BCUT2D eigenvalue weighted by molar-refractivity contribution is 5.85. The molecule has 0 radical (unpaired) electrons. The number of ether oxygens (including phenoxy) is 2. The fourth-order valence-electron chi connectivity index (χ4n) is 8.99. The highest BCUT2D eigenvalue weighted by Crippen LogP contribution is 2.25. The van der Waals surface area contributed by atoms with Crippen molar-refractivity contribution in [1.29, 1.82) is 0 Å². The minimum atomic E-state index is -0.130. The fraction of sp³-hybridized carbons (Fsp3) is 0.643. The number of unbranched alkanes of at least 4 members (excludes halogenated alkanes) is 27. The normalized spacial score (nSPS) is 11.1. The Balaban J connectivity index is 0.00000704. The average molecular weight is 1010 g/mol. The SMILES string of the molecule is CCCCCCCCCCCCCCCC(=O)Oc1cccc2ccc[n+](CCCCCC[n+]3cccc4cccc(OC(=O)CCCCCCCCCCCCCCC)c43)c12.[Br-].[Br-]. The lowest BCUT2D eigenvalue weighted by Crippen LogP contribution is -3.00. The van der Waals surface area contributed by atoms with Gasteiger partial charge in [0.25, 0.3) is 11.0 Å². The van der Waals surface area contributed by atoms with Crippen molar-refractivity contribution in [2.24, 2.45) is 0 Å². The third-order valence-corrected chi connectivity index (χ3v) is 12.7. The van der Waals surface area contributed by atoms with Gasteiger partial charge in [0.1, 0.15) is 13.1 Å². The quantitative estimate of drug-likeness (QED) is 0.0196. The molecule has 2 aromatic carbocycles. The van der Waals surface area contributed by atoms with Crippen molar-refractivity contribution < 1.29 is 62.2 Å². The minimum absolute atomic E-state index is 0. The molecule has 0 aliphatic rings. The Bertz CT molecular complexity index is 1670. The van der Waals surface area contributed by atoms with Crippen LogP contribution in [-0.2, 0) is 22.7 Å². The number of pyridine rings is 2. The summed E-state index contributed by atoms with van der Waals surface area (Å²) >= 11 is 0. The van der Waals surface area contributed by atoms with Gasteiger partial charge in [0.15, 0.2) is 12.4 Å². The van der Waals surface area contributed by atoms with Crippen LogP contribution in [0.15, 0.2) is 73.1 Å². The number of aromatic nitrogens is 2. The van der Waals surface area contributed by atoms with Crippen LogP contribution < -0.4 is 52.6 Å². The molecule has 2 heterocycles. The predicted octanol–water partition coefficient (Wildman–Crippen LogP) is 9.61. The molecule has 0 N–H and O–H groups in total. The van der Waals surface area contributed by atoms with Gasteiger partial charge < -0.3 is 43.4 Å². The van der Waals surface area contributed by atoms with Crippen LogP contribution in [-0.4, -0.2) is 11.9 Å². The van der Waals surface area contributed by atoms with Gasteiger partial charge in [0.2, 0.25) is 11.5 Å². The van der Waals surface area contributed by atoms with E-state index in [1.54, 1.807) is 0 Å². The third kappa shape index (κ3) is 23.6. The number of hydrogen-bond acceptors (Lipinski definition) is 4. The van der Waals surface area contributed by atoms with Crippen LogP contribution in [0.2, 0.25) is 0 Å². The maximum absolute atomic E-state index is 12.9. The Morgan fingerprint density at radius 2 is 0.656 bits per heavy atom. The summed E-state index contributed by atoms with van der Waals surface area (Å²) in [6.45, 7) is 6.29. The van der Waals surface area contributed by atoms with E-state index >= 15 is 0 Å². The van der Waals surface area contributed by atoms with Crippen LogP contribution in [0.1, 0.15) is 219 Å². The topological polar surface area (TPSA) is 60.4 Å². The molecule has 64 heavy (non-hydrogen) atoms. The van der Waals surface area contributed by atoms with E-state index in [-0.39, 0.29) is 45.9 Å². The van der Waals surface area contributed by atoms with E-state index in [2.05, 4.69) is 71.8 Å². The standard InChI is InChI=1S/C56H86N2O4.2BrH/c1-3-5-7-9-11-13-15-17-19-21-23-25-29-43-53(59)61-51-41-33-37-49-39-35-47-57(55(49)51)45-31-27-28-32-46-58-48-36-40-50-38-34-42-52(56(50)58)62-54(60)44-30-26-24-22-20-18-16-14-12-10-8-6-4-2;;/h33-42,47-48H,3-32,43-46H2,1-2H3;2*1H/q+2;;/p-2. The highest BCUT2D eigenvalue weighted by atomic mass is 79.9. The zero-order valence-corrected chi connectivity index (χ0v) is 43.4. The molecule has 0 fully saturated rings. The van der Waals surface area contributed by atoms with Crippen LogP contribution in [0.4, 0.5) is 0 Å². The number of benzene rings is 2. The number of fused-ring (bicyclic) bond motifs is 2. The van der Waals surface area contributed by atoms with E-state index in [1.165, 1.54) is 141 Å². The summed E-state index contributed by atoms with van der Waals surface area (Å²) in [4.78, 5) is 25.9. The molecule has 2 aromatic heterocycles. The van der Waals surface area contributed by atoms with E-state index in [0.29, 0.717) is 24.3 Å². The van der Waals surface area contributed by atoms with Crippen LogP contribution in [0.3, 0.4) is 0 Å². The lowest BCUT2D eigenvalue weighted by molar-refractivity contribution is -0.673. The van der Waals surface area contributed by atoms with E-state index in [4.69, 9.17) is 9.47 Å². The molecule has 0 aliphatic carbocycles. The number of esters is 2. The van der Waals surface area contributed by atoms with Crippen molar-refractivity contribution in [3.05, 3.63) is 73.1 Å². The summed E-state index contributed by atoms with van der Waals surface area (Å²) in [7, 11) is 0. The summed E-state index contributed by atoms with van der Waals surface area (Å²) in [5.41, 5.74) is 1.99. The molecule has 6 nitrogen and oxygen atoms in total. The number of rotatable bonds is 37. The second kappa shape index (κ2) is 37.3. The van der Waals surface area contributed by atoms with E-state index in [0.717, 1.165) is 86.3 Å². The number of halogens is 2. The molecular formula is C56H86Br2N2O4. The molecule has 0 amide bonds. The number of aryl methyl sites for hydroxylation is 2. The Kier molecular flexibility index (Phi) is 33.4. The van der Waals surface area contributed by atoms with Crippen molar-refractivity contribution >= 4 is 33.7 Å². The Morgan fingerprint density at radius 3 is 0.984 bits per heavy atom. The molecule has 0 saturated carbocycles. The first kappa shape index (κ1) is 57.3. The van der Waals surface area contributed by atoms with Crippen LogP contribution >= 0.6 is 0 Å². The first-order valence-corrected chi connectivity index (χ1v) is 25.8. The summed E-state index contributed by atoms with van der Waals surface area (Å²) < 4.78 is 16.5. The monoisotopic (exact) mass is 1010 g/mol. The molecule has 0 bridgehead atoms. The number of carbonyl (C=O) groups excluding carboxylic acids is 2. The summed E-state index contributed by atoms with van der Waals surface area (Å²) in [5.74, 6) is 1.07. The van der Waals surface area contributed by atoms with Crippen LogP contribution in [0.25, 0.3) is 21.8 Å². The molecular weight excluding hydrogens is 924 g/mol. The van der Waals surface area contributed by atoms with Gasteiger partial charge >= 0.3 is 11.9 Å². The fourth-order valence-corrected chi connectivity index (χ4v) is 8.99. The van der Waals surface area contributed by atoms with Gasteiger partial charge in [-0.05, 0) is 62.1 Å². The maximum atomic E-state index is 12.9. The van der Waals surface area contributed by atoms with Crippen LogP contribution in [0, 0.1) is 0 Å².